The highest BCUT2D eigenvalue weighted by Crippen LogP contribution is 2.38. The summed E-state index contributed by atoms with van der Waals surface area (Å²) in [4.78, 5) is 98.5. The molecule has 0 spiro atoms. The number of Topliss-reactive ketones (excluding diaryl/α,β-unsaturated/α-hetero) is 2. The van der Waals surface area contributed by atoms with Crippen LogP contribution in [0.3, 0.4) is 0 Å². The topological polar surface area (TPSA) is 236 Å². The predicted octanol–water partition coefficient (Wildman–Crippen LogP) is 7.34. The number of unbranched alkanes of at least 4 members (excludes halogenated alkanes) is 2. The monoisotopic (exact) mass is 1090 g/mol. The zero-order valence-electron chi connectivity index (χ0n) is 47.5. The predicted molar refractivity (Wildman–Crippen MR) is 289 cm³/mol. The molecule has 1 atom stereocenters. The quantitative estimate of drug-likeness (QED) is 0.0482. The molecule has 1 aliphatic heterocycles. The molecule has 3 rings (SSSR count). The van der Waals surface area contributed by atoms with Crippen molar-refractivity contribution >= 4 is 51.3 Å². The van der Waals surface area contributed by atoms with E-state index in [0.29, 0.717) is 56.9 Å². The van der Waals surface area contributed by atoms with Crippen molar-refractivity contribution in [3.05, 3.63) is 54.6 Å². The van der Waals surface area contributed by atoms with Crippen LogP contribution in [0.1, 0.15) is 135 Å². The number of hydrogen-bond acceptors (Lipinski definition) is 16. The Labute approximate surface area is 451 Å². The first-order valence-electron chi connectivity index (χ1n) is 26.3. The first kappa shape index (κ1) is 64.8. The van der Waals surface area contributed by atoms with Crippen LogP contribution in [-0.2, 0) is 52.8 Å². The van der Waals surface area contributed by atoms with E-state index in [0.717, 1.165) is 0 Å². The third kappa shape index (κ3) is 23.4. The molecule has 0 unspecified atom stereocenters. The molecular formula is C56H87N5O14S. The van der Waals surface area contributed by atoms with Crippen LogP contribution >= 0.6 is 0 Å². The van der Waals surface area contributed by atoms with Crippen LogP contribution in [0.25, 0.3) is 0 Å². The van der Waals surface area contributed by atoms with E-state index < -0.39 is 73.1 Å². The van der Waals surface area contributed by atoms with Gasteiger partial charge in [-0.15, -0.1) is 0 Å². The second-order valence-electron chi connectivity index (χ2n) is 23.9. The van der Waals surface area contributed by atoms with Crippen LogP contribution in [-0.4, -0.2) is 174 Å². The summed E-state index contributed by atoms with van der Waals surface area (Å²) >= 11 is 0. The lowest BCUT2D eigenvalue weighted by molar-refractivity contribution is -0.160. The summed E-state index contributed by atoms with van der Waals surface area (Å²) in [7, 11) is -4.22. The van der Waals surface area contributed by atoms with Crippen LogP contribution in [0.4, 0.5) is 4.79 Å². The number of carbonyl (C=O) groups excluding carboxylic acids is 6. The smallest absolute Gasteiger partial charge is 0.408 e. The maximum atomic E-state index is 14.2. The van der Waals surface area contributed by atoms with E-state index in [2.05, 4.69) is 31.0 Å². The molecule has 0 bridgehead atoms. The van der Waals surface area contributed by atoms with Gasteiger partial charge in [-0.05, 0) is 137 Å². The van der Waals surface area contributed by atoms with Gasteiger partial charge in [0.15, 0.2) is 15.6 Å². The zero-order valence-corrected chi connectivity index (χ0v) is 48.3. The number of amides is 2. The lowest BCUT2D eigenvalue weighted by Crippen LogP contribution is -2.57. The number of alkyl carbamates (subject to hydrolysis) is 1. The van der Waals surface area contributed by atoms with Gasteiger partial charge in [-0.25, -0.2) is 13.2 Å². The summed E-state index contributed by atoms with van der Waals surface area (Å²) in [5.41, 5.74) is -2.48. The fourth-order valence-corrected chi connectivity index (χ4v) is 10.8. The number of sulfone groups is 1. The van der Waals surface area contributed by atoms with E-state index in [4.69, 9.17) is 18.9 Å². The van der Waals surface area contributed by atoms with Crippen molar-refractivity contribution in [2.75, 3.05) is 72.0 Å². The number of carbonyl (C=O) groups is 7. The number of esters is 2. The molecule has 0 radical (unpaired) electrons. The molecule has 19 nitrogen and oxygen atoms in total. The van der Waals surface area contributed by atoms with E-state index in [1.54, 1.807) is 84.2 Å². The fourth-order valence-electron chi connectivity index (χ4n) is 8.78. The second-order valence-corrected chi connectivity index (χ2v) is 26.2. The number of hydrogen-bond donors (Lipinski definition) is 2. The molecule has 1 fully saturated rings. The molecule has 0 saturated carbocycles. The van der Waals surface area contributed by atoms with Crippen LogP contribution in [0, 0.1) is 5.41 Å². The van der Waals surface area contributed by atoms with E-state index in [9.17, 15) is 47.1 Å². The van der Waals surface area contributed by atoms with Crippen LogP contribution in [0.15, 0.2) is 59.5 Å². The number of benzene rings is 2. The summed E-state index contributed by atoms with van der Waals surface area (Å²) in [5, 5.41) is 12.5. The standard InChI is InChI=1S/C56H87N5O14S/c1-41(62)56(76(70,71)45-26-24-44(25-27-45)72-43-21-17-15-18-22-43)28-30-61(31-29-56)50(68)46(57-51(69)75-55(11,12)13)23-19-14-16-20-42(63)36-59(37-47(64)65)34-32-58(40-52(2,3)4)33-35-60(38-48(66)73-53(5,6)7)39-49(67)74-54(8,9)10/h15,17-18,21-22,24-27,46H,14,16,19-20,23,28-40H2,1-13H3,(H,57,69)(H,64,65)/t46-/m0/s1. The molecule has 0 aliphatic carbocycles. The molecule has 2 N–H and O–H groups in total. The Bertz CT molecular complexity index is 2330. The van der Waals surface area contributed by atoms with Gasteiger partial charge in [-0.1, -0.05) is 51.8 Å². The number of ketones is 2. The summed E-state index contributed by atoms with van der Waals surface area (Å²) in [6.07, 6.45) is 0.540. The van der Waals surface area contributed by atoms with Gasteiger partial charge >= 0.3 is 24.0 Å². The first-order chi connectivity index (χ1) is 35.1. The summed E-state index contributed by atoms with van der Waals surface area (Å²) in [5.74, 6) is -2.24. The summed E-state index contributed by atoms with van der Waals surface area (Å²) < 4.78 is 49.0. The third-order valence-corrected chi connectivity index (χ3v) is 14.7. The van der Waals surface area contributed by atoms with E-state index in [1.807, 2.05) is 18.2 Å². The molecule has 2 amide bonds. The van der Waals surface area contributed by atoms with Crippen molar-refractivity contribution in [1.82, 2.24) is 24.9 Å². The highest BCUT2D eigenvalue weighted by molar-refractivity contribution is 7.93. The zero-order chi connectivity index (χ0) is 57.3. The number of ether oxygens (including phenoxy) is 4. The van der Waals surface area contributed by atoms with Gasteiger partial charge in [0.1, 0.15) is 44.9 Å². The Balaban J connectivity index is 1.65. The molecule has 2 aromatic carbocycles. The van der Waals surface area contributed by atoms with Crippen molar-refractivity contribution < 1.29 is 66.0 Å². The lowest BCUT2D eigenvalue weighted by atomic mass is 9.91. The van der Waals surface area contributed by atoms with E-state index >= 15 is 0 Å². The average Bonchev–Trinajstić information content (AvgIpc) is 3.27. The molecule has 1 heterocycles. The number of carboxylic acid groups (broad SMARTS) is 1. The SMILES string of the molecule is CC(=O)C1(S(=O)(=O)c2ccc(Oc3ccccc3)cc2)CCN(C(=O)[C@H](CCCCCC(=O)CN(CCN(CCN(CC(=O)OC(C)(C)C)CC(=O)OC(C)(C)C)CC(C)(C)C)CC(=O)O)NC(=O)OC(C)(C)C)CC1. The van der Waals surface area contributed by atoms with Crippen molar-refractivity contribution in [1.29, 1.82) is 0 Å². The molecule has 1 saturated heterocycles. The number of nitrogens with one attached hydrogen (secondary N) is 1. The minimum absolute atomic E-state index is 0.0468. The molecule has 0 aromatic heterocycles. The molecular weight excluding hydrogens is 999 g/mol. The van der Waals surface area contributed by atoms with Crippen molar-refractivity contribution in [2.24, 2.45) is 5.41 Å². The van der Waals surface area contributed by atoms with Gasteiger partial charge in [0.25, 0.3) is 0 Å². The minimum atomic E-state index is -4.22. The summed E-state index contributed by atoms with van der Waals surface area (Å²) in [6, 6.07) is 13.8. The van der Waals surface area contributed by atoms with Gasteiger partial charge in [-0.2, -0.15) is 0 Å². The van der Waals surface area contributed by atoms with Crippen LogP contribution < -0.4 is 10.1 Å². The Morgan fingerprint density at radius 2 is 1.13 bits per heavy atom. The number of likely N-dealkylation sites (tertiary alicyclic amines) is 1. The third-order valence-electron chi connectivity index (χ3n) is 12.1. The molecule has 1 aliphatic rings. The number of aliphatic carboxylic acids is 1. The molecule has 20 heteroatoms. The number of carboxylic acids is 1. The molecule has 2 aromatic rings. The average molecular weight is 1090 g/mol. The fraction of sp³-hybridized carbons (Fsp3) is 0.661. The second kappa shape index (κ2) is 28.3. The first-order valence-corrected chi connectivity index (χ1v) is 27.8. The van der Waals surface area contributed by atoms with Crippen molar-refractivity contribution in [3.63, 3.8) is 0 Å². The number of piperidine rings is 1. The van der Waals surface area contributed by atoms with Crippen LogP contribution in [0.2, 0.25) is 0 Å². The van der Waals surface area contributed by atoms with Gasteiger partial charge in [-0.3, -0.25) is 38.6 Å². The number of rotatable bonds is 28. The number of para-hydroxylation sites is 1. The minimum Gasteiger partial charge on any atom is -0.480 e. The van der Waals surface area contributed by atoms with Gasteiger partial charge in [0.2, 0.25) is 5.91 Å². The van der Waals surface area contributed by atoms with Crippen molar-refractivity contribution in [2.45, 2.75) is 167 Å². The van der Waals surface area contributed by atoms with Crippen LogP contribution in [0.5, 0.6) is 11.5 Å². The maximum absolute atomic E-state index is 14.2. The largest absolute Gasteiger partial charge is 0.480 e. The lowest BCUT2D eigenvalue weighted by Gasteiger charge is -2.40. The van der Waals surface area contributed by atoms with Crippen molar-refractivity contribution in [3.8, 4) is 11.5 Å². The molecule has 76 heavy (non-hydrogen) atoms. The Hall–Kier alpha value is -5.44. The van der Waals surface area contributed by atoms with Gasteiger partial charge in [0.05, 0.1) is 31.1 Å². The van der Waals surface area contributed by atoms with E-state index in [1.165, 1.54) is 36.1 Å². The summed E-state index contributed by atoms with van der Waals surface area (Å²) in [6.45, 7) is 24.2. The normalized spacial score (nSPS) is 14.8. The Kier molecular flexibility index (Phi) is 24.1. The maximum Gasteiger partial charge on any atom is 0.408 e. The number of nitrogens with zero attached hydrogens (tertiary/aromatic N) is 4. The molecule has 426 valence electrons. The highest BCUT2D eigenvalue weighted by atomic mass is 32.2. The van der Waals surface area contributed by atoms with E-state index in [-0.39, 0.29) is 87.6 Å². The van der Waals surface area contributed by atoms with Gasteiger partial charge < -0.3 is 39.2 Å². The highest BCUT2D eigenvalue weighted by Gasteiger charge is 2.51. The van der Waals surface area contributed by atoms with Gasteiger partial charge in [0, 0.05) is 52.2 Å². The Morgan fingerprint density at radius 1 is 0.645 bits per heavy atom. The Morgan fingerprint density at radius 3 is 1.61 bits per heavy atom.